The molecule has 0 radical (unpaired) electrons. The fourth-order valence-electron chi connectivity index (χ4n) is 2.01. The molecule has 1 aliphatic rings. The first-order valence-electron chi connectivity index (χ1n) is 6.10. The Morgan fingerprint density at radius 3 is 2.67 bits per heavy atom. The maximum absolute atomic E-state index is 10.8. The molecule has 1 aliphatic carbocycles. The monoisotopic (exact) mass is 250 g/mol. The smallest absolute Gasteiger partial charge is 0.273 e. The van der Waals surface area contributed by atoms with Gasteiger partial charge in [0.25, 0.3) is 5.69 Å². The van der Waals surface area contributed by atoms with Crippen LogP contribution in [0.15, 0.2) is 18.2 Å². The van der Waals surface area contributed by atoms with E-state index in [0.29, 0.717) is 11.6 Å². The highest BCUT2D eigenvalue weighted by molar-refractivity contribution is 5.63. The molecule has 18 heavy (non-hydrogen) atoms. The maximum atomic E-state index is 10.8. The van der Waals surface area contributed by atoms with Crippen LogP contribution in [-0.4, -0.2) is 11.5 Å². The molecule has 0 saturated heterocycles. The molecule has 0 aromatic heterocycles. The van der Waals surface area contributed by atoms with E-state index in [-0.39, 0.29) is 5.69 Å². The first-order valence-corrected chi connectivity index (χ1v) is 6.10. The second-order valence-corrected chi connectivity index (χ2v) is 4.87. The molecule has 0 aliphatic heterocycles. The lowest BCUT2D eigenvalue weighted by molar-refractivity contribution is -0.384. The van der Waals surface area contributed by atoms with Gasteiger partial charge in [-0.2, -0.15) is 0 Å². The number of nitrogen functional groups attached to an aromatic ring is 1. The van der Waals surface area contributed by atoms with Gasteiger partial charge in [0.1, 0.15) is 0 Å². The van der Waals surface area contributed by atoms with Gasteiger partial charge >= 0.3 is 0 Å². The number of rotatable bonds is 6. The molecule has 6 nitrogen and oxygen atoms in total. The Bertz CT molecular complexity index is 446. The highest BCUT2D eigenvalue weighted by Gasteiger charge is 2.27. The SMILES string of the molecule is CC(CNc1cc(NN)cc([N+](=O)[O-])c1)C1CC1. The van der Waals surface area contributed by atoms with Crippen molar-refractivity contribution in [3.8, 4) is 0 Å². The number of anilines is 2. The molecule has 6 heteroatoms. The van der Waals surface area contributed by atoms with Crippen LogP contribution in [0.5, 0.6) is 0 Å². The lowest BCUT2D eigenvalue weighted by Crippen LogP contribution is -2.13. The predicted octanol–water partition coefficient (Wildman–Crippen LogP) is 2.34. The summed E-state index contributed by atoms with van der Waals surface area (Å²) in [6, 6.07) is 4.71. The third-order valence-corrected chi connectivity index (χ3v) is 3.35. The van der Waals surface area contributed by atoms with Gasteiger partial charge in [-0.15, -0.1) is 0 Å². The van der Waals surface area contributed by atoms with Crippen molar-refractivity contribution in [2.24, 2.45) is 17.7 Å². The number of hydrogen-bond acceptors (Lipinski definition) is 5. The molecule has 1 unspecified atom stereocenters. The Hall–Kier alpha value is -1.82. The second-order valence-electron chi connectivity index (χ2n) is 4.87. The maximum Gasteiger partial charge on any atom is 0.273 e. The molecule has 0 amide bonds. The van der Waals surface area contributed by atoms with Crippen molar-refractivity contribution in [3.05, 3.63) is 28.3 Å². The third-order valence-electron chi connectivity index (χ3n) is 3.35. The van der Waals surface area contributed by atoms with Crippen molar-refractivity contribution in [1.82, 2.24) is 0 Å². The minimum Gasteiger partial charge on any atom is -0.385 e. The zero-order chi connectivity index (χ0) is 13.1. The van der Waals surface area contributed by atoms with E-state index >= 15 is 0 Å². The van der Waals surface area contributed by atoms with Gasteiger partial charge in [-0.25, -0.2) is 0 Å². The van der Waals surface area contributed by atoms with Gasteiger partial charge < -0.3 is 10.7 Å². The lowest BCUT2D eigenvalue weighted by Gasteiger charge is -2.13. The van der Waals surface area contributed by atoms with E-state index in [1.165, 1.54) is 25.0 Å². The van der Waals surface area contributed by atoms with Crippen LogP contribution in [0.1, 0.15) is 19.8 Å². The summed E-state index contributed by atoms with van der Waals surface area (Å²) in [7, 11) is 0. The van der Waals surface area contributed by atoms with E-state index in [1.54, 1.807) is 6.07 Å². The van der Waals surface area contributed by atoms with E-state index in [0.717, 1.165) is 18.2 Å². The van der Waals surface area contributed by atoms with Gasteiger partial charge in [0.2, 0.25) is 0 Å². The molecule has 1 saturated carbocycles. The van der Waals surface area contributed by atoms with Gasteiger partial charge in [-0.3, -0.25) is 16.0 Å². The highest BCUT2D eigenvalue weighted by atomic mass is 16.6. The zero-order valence-corrected chi connectivity index (χ0v) is 10.3. The quantitative estimate of drug-likeness (QED) is 0.409. The number of nitrogens with one attached hydrogen (secondary N) is 2. The third kappa shape index (κ3) is 3.10. The van der Waals surface area contributed by atoms with Crippen LogP contribution in [0.3, 0.4) is 0 Å². The molecule has 0 bridgehead atoms. The van der Waals surface area contributed by atoms with Gasteiger partial charge in [0.15, 0.2) is 0 Å². The summed E-state index contributed by atoms with van der Waals surface area (Å²) < 4.78 is 0. The van der Waals surface area contributed by atoms with E-state index in [4.69, 9.17) is 5.84 Å². The second kappa shape index (κ2) is 5.22. The Morgan fingerprint density at radius 2 is 2.11 bits per heavy atom. The standard InChI is InChI=1S/C12H18N4O2/c1-8(9-2-3-9)7-14-10-4-11(15-13)6-12(5-10)16(17)18/h4-6,8-9,14-15H,2-3,7,13H2,1H3. The van der Waals surface area contributed by atoms with Crippen LogP contribution < -0.4 is 16.6 Å². The summed E-state index contributed by atoms with van der Waals surface area (Å²) in [4.78, 5) is 10.4. The largest absolute Gasteiger partial charge is 0.385 e. The van der Waals surface area contributed by atoms with E-state index in [2.05, 4.69) is 17.7 Å². The summed E-state index contributed by atoms with van der Waals surface area (Å²) in [5, 5.41) is 14.0. The van der Waals surface area contributed by atoms with Crippen LogP contribution >= 0.6 is 0 Å². The molecule has 1 fully saturated rings. The van der Waals surface area contributed by atoms with E-state index < -0.39 is 4.92 Å². The lowest BCUT2D eigenvalue weighted by atomic mass is 10.1. The van der Waals surface area contributed by atoms with Crippen molar-refractivity contribution in [2.45, 2.75) is 19.8 Å². The Morgan fingerprint density at radius 1 is 1.44 bits per heavy atom. The van der Waals surface area contributed by atoms with Crippen LogP contribution in [0.2, 0.25) is 0 Å². The van der Waals surface area contributed by atoms with Crippen LogP contribution in [0, 0.1) is 22.0 Å². The molecular formula is C12H18N4O2. The molecule has 4 N–H and O–H groups in total. The predicted molar refractivity (Wildman–Crippen MR) is 71.3 cm³/mol. The summed E-state index contributed by atoms with van der Waals surface area (Å²) >= 11 is 0. The average molecular weight is 250 g/mol. The minimum absolute atomic E-state index is 0.0343. The number of nitro benzene ring substituents is 1. The highest BCUT2D eigenvalue weighted by Crippen LogP contribution is 2.36. The first-order chi connectivity index (χ1) is 8.60. The minimum atomic E-state index is -0.420. The fraction of sp³-hybridized carbons (Fsp3) is 0.500. The Balaban J connectivity index is 2.05. The summed E-state index contributed by atoms with van der Waals surface area (Å²) in [6.45, 7) is 3.03. The number of nitrogens with zero attached hydrogens (tertiary/aromatic N) is 1. The Labute approximate surface area is 106 Å². The van der Waals surface area contributed by atoms with Crippen molar-refractivity contribution in [3.63, 3.8) is 0 Å². The van der Waals surface area contributed by atoms with Crippen LogP contribution in [0.4, 0.5) is 17.1 Å². The summed E-state index contributed by atoms with van der Waals surface area (Å²) in [5.74, 6) is 6.71. The van der Waals surface area contributed by atoms with E-state index in [1.807, 2.05) is 0 Å². The molecule has 1 aromatic rings. The molecule has 1 atom stereocenters. The van der Waals surface area contributed by atoms with Crippen LogP contribution in [-0.2, 0) is 0 Å². The summed E-state index contributed by atoms with van der Waals surface area (Å²) in [6.07, 6.45) is 2.60. The molecule has 98 valence electrons. The first kappa shape index (κ1) is 12.6. The number of benzene rings is 1. The van der Waals surface area contributed by atoms with Gasteiger partial charge in [-0.1, -0.05) is 6.92 Å². The van der Waals surface area contributed by atoms with Gasteiger partial charge in [0, 0.05) is 24.4 Å². The number of hydrogen-bond donors (Lipinski definition) is 3. The molecule has 0 spiro atoms. The number of nitrogens with two attached hydrogens (primary N) is 1. The number of nitro groups is 1. The van der Waals surface area contributed by atoms with Gasteiger partial charge in [0.05, 0.1) is 10.6 Å². The average Bonchev–Trinajstić information content (AvgIpc) is 3.19. The van der Waals surface area contributed by atoms with Gasteiger partial charge in [-0.05, 0) is 30.7 Å². The zero-order valence-electron chi connectivity index (χ0n) is 10.3. The van der Waals surface area contributed by atoms with Crippen LogP contribution in [0.25, 0.3) is 0 Å². The number of hydrazine groups is 1. The summed E-state index contributed by atoms with van der Waals surface area (Å²) in [5.41, 5.74) is 3.73. The van der Waals surface area contributed by atoms with Crippen molar-refractivity contribution in [2.75, 3.05) is 17.3 Å². The fourth-order valence-corrected chi connectivity index (χ4v) is 2.01. The van der Waals surface area contributed by atoms with Crippen molar-refractivity contribution < 1.29 is 4.92 Å². The molecule has 1 aromatic carbocycles. The van der Waals surface area contributed by atoms with Crippen molar-refractivity contribution >= 4 is 17.1 Å². The molecule has 2 rings (SSSR count). The van der Waals surface area contributed by atoms with E-state index in [9.17, 15) is 10.1 Å². The topological polar surface area (TPSA) is 93.2 Å². The van der Waals surface area contributed by atoms with Crippen molar-refractivity contribution in [1.29, 1.82) is 0 Å². The Kier molecular flexibility index (Phi) is 3.66. The number of non-ortho nitro benzene ring substituents is 1. The molecular weight excluding hydrogens is 232 g/mol. The normalized spacial score (nSPS) is 16.1. The molecule has 0 heterocycles.